The lowest BCUT2D eigenvalue weighted by atomic mass is 9.96. The van der Waals surface area contributed by atoms with E-state index in [0.29, 0.717) is 44.3 Å². The van der Waals surface area contributed by atoms with Gasteiger partial charge in [0.1, 0.15) is 0 Å². The molecule has 0 radical (unpaired) electrons. The number of hydrogen-bond donors (Lipinski definition) is 2. The smallest absolute Gasteiger partial charge is 0.271 e. The van der Waals surface area contributed by atoms with Gasteiger partial charge in [-0.2, -0.15) is 0 Å². The molecule has 6 aromatic carbocycles. The average Bonchev–Trinajstić information content (AvgIpc) is 3.23. The highest BCUT2D eigenvalue weighted by atomic mass is 16.6. The number of nitro groups is 2. The van der Waals surface area contributed by atoms with Crippen LogP contribution in [-0.2, 0) is 0 Å². The molecule has 270 valence electrons. The van der Waals surface area contributed by atoms with Crippen LogP contribution in [0.25, 0.3) is 55.4 Å². The molecule has 0 aliphatic carbocycles. The second-order valence-electron chi connectivity index (χ2n) is 12.8. The van der Waals surface area contributed by atoms with Crippen LogP contribution in [0.5, 0.6) is 0 Å². The third-order valence-corrected chi connectivity index (χ3v) is 9.21. The van der Waals surface area contributed by atoms with E-state index in [-0.39, 0.29) is 22.7 Å². The fourth-order valence-corrected chi connectivity index (χ4v) is 6.49. The predicted octanol–water partition coefficient (Wildman–Crippen LogP) is 10.1. The van der Waals surface area contributed by atoms with Gasteiger partial charge < -0.3 is 10.6 Å². The lowest BCUT2D eigenvalue weighted by Crippen LogP contribution is -2.13. The standard InChI is InChI=1S/C44H28N6O6/c51-43(45-31-13-7-15-33(23-31)49(53)54)37-25-41(27-9-3-1-4-10-27)47-39-19-17-29(21-35(37)39)30-18-20-40-36(22-30)38(26-42(48-40)28-11-5-2-6-12-28)44(52)46-32-14-8-16-34(24-32)50(55)56/h1-26H,(H,45,51)(H,46,52). The van der Waals surface area contributed by atoms with Crippen LogP contribution >= 0.6 is 0 Å². The Bertz CT molecular complexity index is 2670. The third-order valence-electron chi connectivity index (χ3n) is 9.21. The van der Waals surface area contributed by atoms with Crippen LogP contribution < -0.4 is 10.6 Å². The summed E-state index contributed by atoms with van der Waals surface area (Å²) in [4.78, 5) is 59.6. The molecule has 2 aromatic heterocycles. The number of anilines is 2. The van der Waals surface area contributed by atoms with Gasteiger partial charge in [-0.15, -0.1) is 0 Å². The molecular weight excluding hydrogens is 709 g/mol. The second-order valence-corrected chi connectivity index (χ2v) is 12.8. The zero-order valence-corrected chi connectivity index (χ0v) is 29.2. The first-order chi connectivity index (χ1) is 27.2. The van der Waals surface area contributed by atoms with Crippen molar-refractivity contribution in [3.8, 4) is 33.6 Å². The number of carbonyl (C=O) groups excluding carboxylic acids is 2. The first-order valence-corrected chi connectivity index (χ1v) is 17.3. The molecule has 12 heteroatoms. The molecule has 0 aliphatic heterocycles. The van der Waals surface area contributed by atoms with Gasteiger partial charge in [-0.25, -0.2) is 9.97 Å². The molecule has 0 unspecified atom stereocenters. The Morgan fingerprint density at radius 3 is 1.25 bits per heavy atom. The van der Waals surface area contributed by atoms with Gasteiger partial charge in [0, 0.05) is 57.5 Å². The minimum absolute atomic E-state index is 0.158. The number of rotatable bonds is 9. The van der Waals surface area contributed by atoms with Gasteiger partial charge in [0.2, 0.25) is 0 Å². The Morgan fingerprint density at radius 2 is 0.857 bits per heavy atom. The van der Waals surface area contributed by atoms with Crippen LogP contribution in [0, 0.1) is 20.2 Å². The maximum atomic E-state index is 14.0. The van der Waals surface area contributed by atoms with Crippen molar-refractivity contribution in [3.05, 3.63) is 189 Å². The van der Waals surface area contributed by atoms with E-state index >= 15 is 0 Å². The highest BCUT2D eigenvalue weighted by molar-refractivity contribution is 6.15. The first kappa shape index (κ1) is 34.9. The van der Waals surface area contributed by atoms with E-state index in [2.05, 4.69) is 10.6 Å². The quantitative estimate of drug-likeness (QED) is 0.109. The minimum atomic E-state index is -0.526. The number of hydrogen-bond acceptors (Lipinski definition) is 8. The predicted molar refractivity (Wildman–Crippen MR) is 215 cm³/mol. The van der Waals surface area contributed by atoms with Crippen molar-refractivity contribution in [1.29, 1.82) is 0 Å². The molecule has 0 bridgehead atoms. The minimum Gasteiger partial charge on any atom is -0.322 e. The van der Waals surface area contributed by atoms with Crippen LogP contribution in [0.15, 0.2) is 158 Å². The lowest BCUT2D eigenvalue weighted by molar-refractivity contribution is -0.385. The number of nitro benzene ring substituents is 2. The fourth-order valence-electron chi connectivity index (χ4n) is 6.49. The van der Waals surface area contributed by atoms with Gasteiger partial charge in [-0.1, -0.05) is 84.9 Å². The summed E-state index contributed by atoms with van der Waals surface area (Å²) in [7, 11) is 0. The molecule has 2 N–H and O–H groups in total. The van der Waals surface area contributed by atoms with Gasteiger partial charge in [0.25, 0.3) is 23.2 Å². The molecular formula is C44H28N6O6. The second kappa shape index (κ2) is 14.7. The highest BCUT2D eigenvalue weighted by Crippen LogP contribution is 2.34. The molecule has 8 rings (SSSR count). The Morgan fingerprint density at radius 1 is 0.446 bits per heavy atom. The van der Waals surface area contributed by atoms with Crippen molar-refractivity contribution in [2.75, 3.05) is 10.6 Å². The van der Waals surface area contributed by atoms with Crippen molar-refractivity contribution in [2.24, 2.45) is 0 Å². The summed E-state index contributed by atoms with van der Waals surface area (Å²) in [6.45, 7) is 0. The molecule has 2 amide bonds. The molecule has 2 heterocycles. The van der Waals surface area contributed by atoms with Crippen LogP contribution in [0.1, 0.15) is 20.7 Å². The van der Waals surface area contributed by atoms with Gasteiger partial charge in [0.05, 0.1) is 43.4 Å². The van der Waals surface area contributed by atoms with Gasteiger partial charge in [-0.05, 0) is 59.7 Å². The van der Waals surface area contributed by atoms with Crippen molar-refractivity contribution in [1.82, 2.24) is 9.97 Å². The average molecular weight is 737 g/mol. The summed E-state index contributed by atoms with van der Waals surface area (Å²) >= 11 is 0. The number of nitrogens with zero attached hydrogens (tertiary/aromatic N) is 4. The summed E-state index contributed by atoms with van der Waals surface area (Å²) in [6, 6.07) is 44.8. The number of carbonyl (C=O) groups is 2. The van der Waals surface area contributed by atoms with E-state index in [1.165, 1.54) is 36.4 Å². The van der Waals surface area contributed by atoms with Crippen LogP contribution in [-0.4, -0.2) is 31.6 Å². The van der Waals surface area contributed by atoms with E-state index in [9.17, 15) is 29.8 Å². The summed E-state index contributed by atoms with van der Waals surface area (Å²) < 4.78 is 0. The number of non-ortho nitro benzene ring substituents is 2. The molecule has 0 atom stereocenters. The normalized spacial score (nSPS) is 10.9. The molecule has 12 nitrogen and oxygen atoms in total. The number of aromatic nitrogens is 2. The number of pyridine rings is 2. The van der Waals surface area contributed by atoms with Crippen LogP contribution in [0.4, 0.5) is 22.7 Å². The zero-order valence-electron chi connectivity index (χ0n) is 29.2. The van der Waals surface area contributed by atoms with E-state index in [1.54, 1.807) is 24.3 Å². The maximum Gasteiger partial charge on any atom is 0.271 e. The van der Waals surface area contributed by atoms with Crippen molar-refractivity contribution in [2.45, 2.75) is 0 Å². The van der Waals surface area contributed by atoms with Gasteiger partial charge in [-0.3, -0.25) is 29.8 Å². The molecule has 56 heavy (non-hydrogen) atoms. The zero-order chi connectivity index (χ0) is 38.8. The molecule has 8 aromatic rings. The van der Waals surface area contributed by atoms with Gasteiger partial charge in [0.15, 0.2) is 0 Å². The first-order valence-electron chi connectivity index (χ1n) is 17.3. The number of fused-ring (bicyclic) bond motifs is 2. The summed E-state index contributed by atoms with van der Waals surface area (Å²) in [5, 5.41) is 29.6. The topological polar surface area (TPSA) is 170 Å². The Kier molecular flexibility index (Phi) is 9.18. The molecule has 0 spiro atoms. The van der Waals surface area contributed by atoms with Crippen LogP contribution in [0.3, 0.4) is 0 Å². The van der Waals surface area contributed by atoms with E-state index < -0.39 is 21.7 Å². The summed E-state index contributed by atoms with van der Waals surface area (Å²) in [5.74, 6) is -0.966. The largest absolute Gasteiger partial charge is 0.322 e. The molecule has 0 saturated heterocycles. The Balaban J connectivity index is 1.24. The molecule has 0 fully saturated rings. The van der Waals surface area contributed by atoms with E-state index in [4.69, 9.17) is 9.97 Å². The van der Waals surface area contributed by atoms with Crippen molar-refractivity contribution >= 4 is 56.4 Å². The number of benzene rings is 6. The Labute approximate surface area is 318 Å². The fraction of sp³-hybridized carbons (Fsp3) is 0. The van der Waals surface area contributed by atoms with Crippen molar-refractivity contribution < 1.29 is 19.4 Å². The Hall–Kier alpha value is -8.12. The van der Waals surface area contributed by atoms with Crippen LogP contribution in [0.2, 0.25) is 0 Å². The van der Waals surface area contributed by atoms with E-state index in [0.717, 1.165) is 22.3 Å². The third kappa shape index (κ3) is 7.13. The maximum absolute atomic E-state index is 14.0. The molecule has 0 aliphatic rings. The summed E-state index contributed by atoms with van der Waals surface area (Å²) in [6.07, 6.45) is 0. The van der Waals surface area contributed by atoms with Crippen molar-refractivity contribution in [3.63, 3.8) is 0 Å². The monoisotopic (exact) mass is 736 g/mol. The lowest BCUT2D eigenvalue weighted by Gasteiger charge is -2.14. The number of nitrogens with one attached hydrogen (secondary N) is 2. The highest BCUT2D eigenvalue weighted by Gasteiger charge is 2.19. The molecule has 0 saturated carbocycles. The van der Waals surface area contributed by atoms with Gasteiger partial charge >= 0.3 is 0 Å². The SMILES string of the molecule is O=C(Nc1cccc([N+](=O)[O-])c1)c1cc(-c2ccccc2)nc2ccc(-c3ccc4nc(-c5ccccc5)cc(C(=O)Nc5cccc([N+](=O)[O-])c5)c4c3)cc12. The number of amides is 2. The summed E-state index contributed by atoms with van der Waals surface area (Å²) in [5.41, 5.74) is 6.08. The van der Waals surface area contributed by atoms with E-state index in [1.807, 2.05) is 97.1 Å².